The smallest absolute Gasteiger partial charge is 0.0396 e. The van der Waals surface area contributed by atoms with Crippen molar-refractivity contribution in [1.29, 1.82) is 0 Å². The van der Waals surface area contributed by atoms with Gasteiger partial charge in [-0.3, -0.25) is 0 Å². The van der Waals surface area contributed by atoms with Crippen LogP contribution < -0.4 is 10.2 Å². The van der Waals surface area contributed by atoms with E-state index in [1.807, 2.05) is 0 Å². The van der Waals surface area contributed by atoms with Crippen molar-refractivity contribution in [2.75, 3.05) is 18.0 Å². The molecule has 0 radical (unpaired) electrons. The molecule has 106 valence electrons. The van der Waals surface area contributed by atoms with Crippen molar-refractivity contribution < 1.29 is 0 Å². The molecular weight excluding hydrogens is 232 g/mol. The van der Waals surface area contributed by atoms with Crippen molar-refractivity contribution in [1.82, 2.24) is 5.32 Å². The van der Waals surface area contributed by atoms with Crippen LogP contribution in [0, 0.1) is 6.92 Å². The topological polar surface area (TPSA) is 15.3 Å². The van der Waals surface area contributed by atoms with Gasteiger partial charge in [0.2, 0.25) is 0 Å². The second-order valence-electron chi connectivity index (χ2n) is 6.77. The summed E-state index contributed by atoms with van der Waals surface area (Å²) in [5.74, 6) is 0. The summed E-state index contributed by atoms with van der Waals surface area (Å²) in [5, 5.41) is 3.55. The normalized spacial score (nSPS) is 16.7. The van der Waals surface area contributed by atoms with Crippen LogP contribution in [-0.4, -0.2) is 18.6 Å². The molecule has 19 heavy (non-hydrogen) atoms. The van der Waals surface area contributed by atoms with Crippen molar-refractivity contribution >= 4 is 5.69 Å². The highest BCUT2D eigenvalue weighted by molar-refractivity contribution is 5.54. The van der Waals surface area contributed by atoms with Gasteiger partial charge in [0, 0.05) is 30.9 Å². The summed E-state index contributed by atoms with van der Waals surface area (Å²) >= 11 is 0. The first-order valence-electron chi connectivity index (χ1n) is 7.55. The molecule has 0 atom stereocenters. The first kappa shape index (κ1) is 14.4. The van der Waals surface area contributed by atoms with E-state index < -0.39 is 0 Å². The minimum Gasteiger partial charge on any atom is -0.371 e. The number of rotatable bonds is 3. The molecule has 2 heteroatoms. The fourth-order valence-corrected chi connectivity index (χ4v) is 2.68. The number of hydrogen-bond donors (Lipinski definition) is 1. The molecule has 2 nitrogen and oxygen atoms in total. The van der Waals surface area contributed by atoms with Crippen LogP contribution in [0.1, 0.15) is 51.2 Å². The van der Waals surface area contributed by atoms with Crippen LogP contribution in [0.5, 0.6) is 0 Å². The highest BCUT2D eigenvalue weighted by Crippen LogP contribution is 2.24. The zero-order valence-corrected chi connectivity index (χ0v) is 12.9. The molecule has 2 rings (SSSR count). The van der Waals surface area contributed by atoms with E-state index in [4.69, 9.17) is 0 Å². The second kappa shape index (κ2) is 5.96. The van der Waals surface area contributed by atoms with Gasteiger partial charge >= 0.3 is 0 Å². The van der Waals surface area contributed by atoms with Gasteiger partial charge in [-0.25, -0.2) is 0 Å². The number of piperidine rings is 1. The fourth-order valence-electron chi connectivity index (χ4n) is 2.68. The Morgan fingerprint density at radius 3 is 2.37 bits per heavy atom. The Kier molecular flexibility index (Phi) is 4.51. The van der Waals surface area contributed by atoms with Crippen LogP contribution in [0.25, 0.3) is 0 Å². The van der Waals surface area contributed by atoms with Crippen molar-refractivity contribution in [3.63, 3.8) is 0 Å². The standard InChI is InChI=1S/C17H28N2/c1-14-12-15(13-18-17(2,3)4)8-9-16(14)19-10-6-5-7-11-19/h8-9,12,18H,5-7,10-11,13H2,1-4H3. The van der Waals surface area contributed by atoms with Gasteiger partial charge < -0.3 is 10.2 Å². The van der Waals surface area contributed by atoms with Crippen molar-refractivity contribution in [3.05, 3.63) is 29.3 Å². The molecule has 1 fully saturated rings. The first-order chi connectivity index (χ1) is 8.96. The highest BCUT2D eigenvalue weighted by atomic mass is 15.1. The molecule has 0 aromatic heterocycles. The fraction of sp³-hybridized carbons (Fsp3) is 0.647. The molecule has 1 aliphatic heterocycles. The van der Waals surface area contributed by atoms with Crippen LogP contribution in [0.2, 0.25) is 0 Å². The summed E-state index contributed by atoms with van der Waals surface area (Å²) in [6, 6.07) is 6.92. The van der Waals surface area contributed by atoms with E-state index in [2.05, 4.69) is 56.1 Å². The van der Waals surface area contributed by atoms with Gasteiger partial charge in [0.05, 0.1) is 0 Å². The second-order valence-corrected chi connectivity index (χ2v) is 6.77. The molecule has 0 unspecified atom stereocenters. The van der Waals surface area contributed by atoms with Gasteiger partial charge in [-0.1, -0.05) is 12.1 Å². The van der Waals surface area contributed by atoms with Gasteiger partial charge in [0.25, 0.3) is 0 Å². The molecule has 1 N–H and O–H groups in total. The molecule has 1 aliphatic rings. The number of nitrogens with one attached hydrogen (secondary N) is 1. The van der Waals surface area contributed by atoms with E-state index in [1.165, 1.54) is 49.2 Å². The quantitative estimate of drug-likeness (QED) is 0.887. The molecule has 0 bridgehead atoms. The molecule has 1 aromatic carbocycles. The summed E-state index contributed by atoms with van der Waals surface area (Å²) < 4.78 is 0. The number of aryl methyl sites for hydroxylation is 1. The monoisotopic (exact) mass is 260 g/mol. The average Bonchev–Trinajstić information content (AvgIpc) is 2.37. The number of hydrogen-bond acceptors (Lipinski definition) is 2. The summed E-state index contributed by atoms with van der Waals surface area (Å²) in [6.07, 6.45) is 4.07. The van der Waals surface area contributed by atoms with Crippen molar-refractivity contribution in [3.8, 4) is 0 Å². The Morgan fingerprint density at radius 1 is 1.11 bits per heavy atom. The minimum atomic E-state index is 0.180. The highest BCUT2D eigenvalue weighted by Gasteiger charge is 2.13. The zero-order chi connectivity index (χ0) is 13.9. The molecule has 0 saturated carbocycles. The van der Waals surface area contributed by atoms with Gasteiger partial charge in [-0.2, -0.15) is 0 Å². The Hall–Kier alpha value is -1.02. The summed E-state index contributed by atoms with van der Waals surface area (Å²) in [4.78, 5) is 2.54. The van der Waals surface area contributed by atoms with Crippen LogP contribution in [0.4, 0.5) is 5.69 Å². The lowest BCUT2D eigenvalue weighted by molar-refractivity contribution is 0.424. The minimum absolute atomic E-state index is 0.180. The molecule has 0 aliphatic carbocycles. The Bertz CT molecular complexity index is 412. The molecule has 1 saturated heterocycles. The summed E-state index contributed by atoms with van der Waals surface area (Å²) in [7, 11) is 0. The lowest BCUT2D eigenvalue weighted by Gasteiger charge is -2.30. The van der Waals surface area contributed by atoms with E-state index in [1.54, 1.807) is 0 Å². The van der Waals surface area contributed by atoms with E-state index in [0.717, 1.165) is 6.54 Å². The maximum absolute atomic E-state index is 3.55. The number of benzene rings is 1. The third kappa shape index (κ3) is 4.24. The third-order valence-electron chi connectivity index (χ3n) is 3.78. The zero-order valence-electron chi connectivity index (χ0n) is 12.9. The molecule has 0 amide bonds. The van der Waals surface area contributed by atoms with Crippen LogP contribution >= 0.6 is 0 Å². The predicted octanol–water partition coefficient (Wildman–Crippen LogP) is 3.87. The molecule has 0 spiro atoms. The van der Waals surface area contributed by atoms with Gasteiger partial charge in [0.1, 0.15) is 0 Å². The van der Waals surface area contributed by atoms with Crippen LogP contribution in [-0.2, 0) is 6.54 Å². The number of nitrogens with zero attached hydrogens (tertiary/aromatic N) is 1. The molecule has 1 aromatic rings. The predicted molar refractivity (Wildman–Crippen MR) is 83.8 cm³/mol. The van der Waals surface area contributed by atoms with E-state index in [-0.39, 0.29) is 5.54 Å². The average molecular weight is 260 g/mol. The van der Waals surface area contributed by atoms with E-state index >= 15 is 0 Å². The Labute approximate surface area is 118 Å². The van der Waals surface area contributed by atoms with Gasteiger partial charge in [0.15, 0.2) is 0 Å². The van der Waals surface area contributed by atoms with E-state index in [0.29, 0.717) is 0 Å². The molecule has 1 heterocycles. The number of anilines is 1. The maximum Gasteiger partial charge on any atom is 0.0396 e. The van der Waals surface area contributed by atoms with Gasteiger partial charge in [-0.15, -0.1) is 0 Å². The maximum atomic E-state index is 3.55. The molecular formula is C17H28N2. The van der Waals surface area contributed by atoms with E-state index in [9.17, 15) is 0 Å². The summed E-state index contributed by atoms with van der Waals surface area (Å²) in [6.45, 7) is 12.3. The van der Waals surface area contributed by atoms with Crippen molar-refractivity contribution in [2.24, 2.45) is 0 Å². The SMILES string of the molecule is Cc1cc(CNC(C)(C)C)ccc1N1CCCCC1. The largest absolute Gasteiger partial charge is 0.371 e. The van der Waals surface area contributed by atoms with Crippen LogP contribution in [0.3, 0.4) is 0 Å². The lowest BCUT2D eigenvalue weighted by Crippen LogP contribution is -2.35. The Morgan fingerprint density at radius 2 is 1.79 bits per heavy atom. The first-order valence-corrected chi connectivity index (χ1v) is 7.55. The summed E-state index contributed by atoms with van der Waals surface area (Å²) in [5.41, 5.74) is 4.40. The van der Waals surface area contributed by atoms with Gasteiger partial charge in [-0.05, 0) is 64.2 Å². The third-order valence-corrected chi connectivity index (χ3v) is 3.78. The van der Waals surface area contributed by atoms with Crippen LogP contribution in [0.15, 0.2) is 18.2 Å². The lowest BCUT2D eigenvalue weighted by atomic mass is 10.0. The van der Waals surface area contributed by atoms with Crippen molar-refractivity contribution in [2.45, 2.75) is 59.0 Å². The Balaban J connectivity index is 2.04.